The first-order valence-electron chi connectivity index (χ1n) is 19.9. The van der Waals surface area contributed by atoms with Gasteiger partial charge in [-0.3, -0.25) is 22.8 Å². The lowest BCUT2D eigenvalue weighted by atomic mass is 10.0. The molecule has 0 saturated heterocycles. The van der Waals surface area contributed by atoms with Crippen LogP contribution < -0.4 is 0 Å². The summed E-state index contributed by atoms with van der Waals surface area (Å²) >= 11 is 0. The van der Waals surface area contributed by atoms with Gasteiger partial charge in [0.15, 0.2) is 0 Å². The highest BCUT2D eigenvalue weighted by molar-refractivity contribution is 7.56. The first-order valence-corrected chi connectivity index (χ1v) is 28.0. The van der Waals surface area contributed by atoms with Crippen LogP contribution in [0.4, 0.5) is 0 Å². The molecule has 0 aliphatic rings. The van der Waals surface area contributed by atoms with E-state index in [2.05, 4.69) is 0 Å². The lowest BCUT2D eigenvalue weighted by Gasteiger charge is -2.33. The smallest absolute Gasteiger partial charge is 0.309 e. The Balaban J connectivity index is 7.00. The van der Waals surface area contributed by atoms with Crippen LogP contribution in [-0.4, -0.2) is 94.4 Å². The maximum atomic E-state index is 14.6. The van der Waals surface area contributed by atoms with Crippen LogP contribution in [0.1, 0.15) is 128 Å². The Bertz CT molecular complexity index is 1190. The number of hydrogen-bond donors (Lipinski definition) is 0. The molecule has 0 bridgehead atoms. The lowest BCUT2D eigenvalue weighted by Crippen LogP contribution is -2.24. The van der Waals surface area contributed by atoms with Gasteiger partial charge in [0.1, 0.15) is 0 Å². The maximum Gasteiger partial charge on any atom is 0.333 e. The summed E-state index contributed by atoms with van der Waals surface area (Å²) < 4.78 is 128. The summed E-state index contributed by atoms with van der Waals surface area (Å²) in [5.74, 6) is 0. The van der Waals surface area contributed by atoms with Gasteiger partial charge in [0.2, 0.25) is 0 Å². The Morgan fingerprint density at radius 3 is 0.778 bits per heavy atom. The standard InChI is InChI=1S/C34H75O15P5/c1-13-40-50(35,41-14-2)30(11)23-24-32(52(37,44-17-5)45-18-6)25-26-33(53(38,46-19-7)47-20-8)27-28-34(54(39,48-21-9)49-22-10)29-31(12)51(36,42-15-3)43-16-4/h30-34H,13-29H2,1-12H3. The molecule has 0 aromatic rings. The molecule has 0 spiro atoms. The fourth-order valence-electron chi connectivity index (χ4n) is 6.34. The van der Waals surface area contributed by atoms with Crippen LogP contribution in [0.25, 0.3) is 0 Å². The van der Waals surface area contributed by atoms with E-state index in [1.165, 1.54) is 0 Å². The highest BCUT2D eigenvalue weighted by Gasteiger charge is 2.45. The van der Waals surface area contributed by atoms with E-state index in [1.54, 1.807) is 83.1 Å². The molecule has 54 heavy (non-hydrogen) atoms. The van der Waals surface area contributed by atoms with Crippen LogP contribution in [0.15, 0.2) is 0 Å². The van der Waals surface area contributed by atoms with Crippen molar-refractivity contribution >= 4 is 38.0 Å². The minimum atomic E-state index is -3.81. The van der Waals surface area contributed by atoms with Gasteiger partial charge in [-0.15, -0.1) is 0 Å². The molecule has 15 nitrogen and oxygen atoms in total. The molecule has 0 saturated carbocycles. The van der Waals surface area contributed by atoms with E-state index in [-0.39, 0.29) is 105 Å². The molecular formula is C34H75O15P5. The highest BCUT2D eigenvalue weighted by Crippen LogP contribution is 2.64. The summed E-state index contributed by atoms with van der Waals surface area (Å²) in [4.78, 5) is 0. The third-order valence-electron chi connectivity index (χ3n) is 8.71. The van der Waals surface area contributed by atoms with E-state index in [9.17, 15) is 22.8 Å². The van der Waals surface area contributed by atoms with Crippen molar-refractivity contribution in [1.29, 1.82) is 0 Å². The Labute approximate surface area is 327 Å². The van der Waals surface area contributed by atoms with Gasteiger partial charge in [-0.05, 0) is 114 Å². The van der Waals surface area contributed by atoms with Gasteiger partial charge in [-0.1, -0.05) is 13.8 Å². The topological polar surface area (TPSA) is 178 Å². The highest BCUT2D eigenvalue weighted by atomic mass is 31.2. The largest absolute Gasteiger partial charge is 0.333 e. The summed E-state index contributed by atoms with van der Waals surface area (Å²) in [7, 11) is -18.4. The summed E-state index contributed by atoms with van der Waals surface area (Å²) in [6.45, 7) is 22.3. The van der Waals surface area contributed by atoms with Gasteiger partial charge < -0.3 is 45.2 Å². The summed E-state index contributed by atoms with van der Waals surface area (Å²) in [6.07, 6.45) is 1.53. The average molecular weight is 879 g/mol. The maximum absolute atomic E-state index is 14.6. The van der Waals surface area contributed by atoms with Crippen LogP contribution in [0.5, 0.6) is 0 Å². The van der Waals surface area contributed by atoms with Crippen LogP contribution >= 0.6 is 38.0 Å². The zero-order valence-electron chi connectivity index (χ0n) is 35.3. The zero-order valence-corrected chi connectivity index (χ0v) is 39.7. The van der Waals surface area contributed by atoms with Crippen LogP contribution in [0.2, 0.25) is 0 Å². The second-order valence-corrected chi connectivity index (χ2v) is 24.4. The molecule has 0 rings (SSSR count). The molecule has 0 aliphatic heterocycles. The third kappa shape index (κ3) is 17.5. The molecule has 20 heteroatoms. The Morgan fingerprint density at radius 2 is 0.500 bits per heavy atom. The van der Waals surface area contributed by atoms with Crippen LogP contribution in [-0.2, 0) is 68.1 Å². The third-order valence-corrected chi connectivity index (χ3v) is 21.7. The average Bonchev–Trinajstić information content (AvgIpc) is 3.09. The predicted molar refractivity (Wildman–Crippen MR) is 217 cm³/mol. The van der Waals surface area contributed by atoms with Gasteiger partial charge in [0, 0.05) is 0 Å². The van der Waals surface area contributed by atoms with Crippen molar-refractivity contribution in [1.82, 2.24) is 0 Å². The molecule has 0 heterocycles. The Hall–Kier alpha value is 0.750. The van der Waals surface area contributed by atoms with Gasteiger partial charge in [-0.25, -0.2) is 0 Å². The minimum Gasteiger partial charge on any atom is -0.309 e. The summed E-state index contributed by atoms with van der Waals surface area (Å²) in [5.41, 5.74) is -3.37. The fraction of sp³-hybridized carbons (Fsp3) is 1.00. The minimum absolute atomic E-state index is 0.109. The summed E-state index contributed by atoms with van der Waals surface area (Å²) in [5, 5.41) is 0. The molecule has 0 N–H and O–H groups in total. The fourth-order valence-corrected chi connectivity index (χ4v) is 16.6. The Kier molecular flexibility index (Phi) is 28.7. The van der Waals surface area contributed by atoms with E-state index >= 15 is 0 Å². The van der Waals surface area contributed by atoms with Crippen molar-refractivity contribution in [3.63, 3.8) is 0 Å². The van der Waals surface area contributed by atoms with Crippen molar-refractivity contribution < 1.29 is 68.1 Å². The van der Waals surface area contributed by atoms with Crippen molar-refractivity contribution in [2.24, 2.45) is 0 Å². The van der Waals surface area contributed by atoms with Crippen LogP contribution in [0, 0.1) is 0 Å². The van der Waals surface area contributed by atoms with Crippen molar-refractivity contribution in [3.8, 4) is 0 Å². The van der Waals surface area contributed by atoms with Gasteiger partial charge in [-0.2, -0.15) is 0 Å². The molecule has 0 radical (unpaired) electrons. The molecule has 0 aromatic heterocycles. The molecule has 0 aliphatic carbocycles. The molecule has 0 aromatic carbocycles. The van der Waals surface area contributed by atoms with E-state index in [0.29, 0.717) is 6.42 Å². The number of rotatable bonds is 36. The molecular weight excluding hydrogens is 803 g/mol. The first kappa shape index (κ1) is 54.8. The summed E-state index contributed by atoms with van der Waals surface area (Å²) in [6, 6.07) is 0. The van der Waals surface area contributed by atoms with E-state index in [1.807, 2.05) is 0 Å². The van der Waals surface area contributed by atoms with Crippen molar-refractivity contribution in [2.45, 2.75) is 156 Å². The SMILES string of the molecule is CCOP(=O)(OCC)C(C)CCC(CCC(CCC(CC(C)P(=O)(OCC)OCC)P(=O)(OCC)OCC)P(=O)(OCC)OCC)P(=O)(OCC)OCC. The quantitative estimate of drug-likeness (QED) is 0.0542. The molecule has 0 amide bonds. The van der Waals surface area contributed by atoms with E-state index in [4.69, 9.17) is 45.2 Å². The van der Waals surface area contributed by atoms with Gasteiger partial charge in [0.05, 0.1) is 94.4 Å². The van der Waals surface area contributed by atoms with Crippen molar-refractivity contribution in [3.05, 3.63) is 0 Å². The zero-order chi connectivity index (χ0) is 41.5. The first-order chi connectivity index (χ1) is 25.5. The van der Waals surface area contributed by atoms with Gasteiger partial charge in [0.25, 0.3) is 0 Å². The molecule has 0 fully saturated rings. The van der Waals surface area contributed by atoms with E-state index in [0.717, 1.165) is 0 Å². The van der Waals surface area contributed by atoms with Crippen molar-refractivity contribution in [2.75, 3.05) is 66.1 Å². The molecule has 326 valence electrons. The predicted octanol–water partition coefficient (Wildman–Crippen LogP) is 11.9. The Morgan fingerprint density at radius 1 is 0.296 bits per heavy atom. The monoisotopic (exact) mass is 878 g/mol. The normalized spacial score (nSPS) is 16.3. The second kappa shape index (κ2) is 28.3. The van der Waals surface area contributed by atoms with Gasteiger partial charge >= 0.3 is 38.0 Å². The lowest BCUT2D eigenvalue weighted by molar-refractivity contribution is 0.195. The molecule has 5 atom stereocenters. The second-order valence-electron chi connectivity index (χ2n) is 12.5. The number of hydrogen-bond acceptors (Lipinski definition) is 15. The molecule has 5 unspecified atom stereocenters. The van der Waals surface area contributed by atoms with Crippen LogP contribution in [0.3, 0.4) is 0 Å². The van der Waals surface area contributed by atoms with E-state index < -0.39 is 66.3 Å².